The molecule has 3 heterocycles. The van der Waals surface area contributed by atoms with Gasteiger partial charge in [-0.1, -0.05) is 0 Å². The number of nitro groups is 1. The van der Waals surface area contributed by atoms with Crippen molar-refractivity contribution in [3.8, 4) is 11.5 Å². The molecule has 2 aromatic heterocycles. The van der Waals surface area contributed by atoms with Crippen LogP contribution < -0.4 is 9.47 Å². The molecule has 0 unspecified atom stereocenters. The Kier molecular flexibility index (Phi) is 6.95. The molecular formula is C24H26N4O6. The zero-order chi connectivity index (χ0) is 24.1. The van der Waals surface area contributed by atoms with Crippen LogP contribution in [0.4, 0.5) is 5.88 Å². The van der Waals surface area contributed by atoms with Gasteiger partial charge in [0, 0.05) is 50.1 Å². The number of piperidine rings is 1. The maximum Gasteiger partial charge on any atom is 0.433 e. The fraction of sp³-hybridized carbons (Fsp3) is 0.333. The van der Waals surface area contributed by atoms with Gasteiger partial charge in [-0.2, -0.15) is 0 Å². The number of amides is 1. The lowest BCUT2D eigenvalue weighted by molar-refractivity contribution is -0.402. The van der Waals surface area contributed by atoms with E-state index in [1.807, 2.05) is 24.4 Å². The SMILES string of the molecule is COc1cc(Cn2ccnc2C2CCN(C(=O)C=Cc3ccc([N+](=O)[O-])o3)CC2)cc(OC)c1. The van der Waals surface area contributed by atoms with Gasteiger partial charge in [0.25, 0.3) is 0 Å². The quantitative estimate of drug-likeness (QED) is 0.281. The van der Waals surface area contributed by atoms with Crippen molar-refractivity contribution in [2.24, 2.45) is 0 Å². The molecule has 0 spiro atoms. The van der Waals surface area contributed by atoms with Gasteiger partial charge in [-0.05, 0) is 42.7 Å². The van der Waals surface area contributed by atoms with E-state index < -0.39 is 4.92 Å². The first-order valence-electron chi connectivity index (χ1n) is 10.9. The van der Waals surface area contributed by atoms with Crippen LogP contribution in [0.5, 0.6) is 11.5 Å². The van der Waals surface area contributed by atoms with Gasteiger partial charge in [0.1, 0.15) is 28.0 Å². The van der Waals surface area contributed by atoms with Gasteiger partial charge in [-0.15, -0.1) is 0 Å². The number of hydrogen-bond donors (Lipinski definition) is 0. The van der Waals surface area contributed by atoms with Crippen molar-refractivity contribution >= 4 is 17.9 Å². The Bertz CT molecular complexity index is 1170. The van der Waals surface area contributed by atoms with Crippen molar-refractivity contribution in [3.63, 3.8) is 0 Å². The highest BCUT2D eigenvalue weighted by atomic mass is 16.6. The Hall–Kier alpha value is -4.08. The van der Waals surface area contributed by atoms with E-state index in [-0.39, 0.29) is 23.5 Å². The monoisotopic (exact) mass is 466 g/mol. The summed E-state index contributed by atoms with van der Waals surface area (Å²) < 4.78 is 17.9. The van der Waals surface area contributed by atoms with Crippen molar-refractivity contribution in [2.45, 2.75) is 25.3 Å². The van der Waals surface area contributed by atoms with E-state index in [1.54, 1.807) is 25.3 Å². The topological polar surface area (TPSA) is 113 Å². The average Bonchev–Trinajstić information content (AvgIpc) is 3.52. The van der Waals surface area contributed by atoms with Crippen LogP contribution in [-0.4, -0.2) is 52.6 Å². The van der Waals surface area contributed by atoms with Gasteiger partial charge in [0.15, 0.2) is 0 Å². The summed E-state index contributed by atoms with van der Waals surface area (Å²) >= 11 is 0. The number of aromatic nitrogens is 2. The lowest BCUT2D eigenvalue weighted by Gasteiger charge is -2.31. The highest BCUT2D eigenvalue weighted by Crippen LogP contribution is 2.29. The first-order chi connectivity index (χ1) is 16.5. The molecule has 4 rings (SSSR count). The molecule has 178 valence electrons. The second-order valence-electron chi connectivity index (χ2n) is 8.00. The highest BCUT2D eigenvalue weighted by Gasteiger charge is 2.26. The summed E-state index contributed by atoms with van der Waals surface area (Å²) in [6, 6.07) is 8.53. The molecule has 0 radical (unpaired) electrons. The first kappa shape index (κ1) is 23.1. The van der Waals surface area contributed by atoms with E-state index in [4.69, 9.17) is 13.9 Å². The third-order valence-corrected chi connectivity index (χ3v) is 5.87. The van der Waals surface area contributed by atoms with Crippen molar-refractivity contribution in [2.75, 3.05) is 27.3 Å². The van der Waals surface area contributed by atoms with Gasteiger partial charge in [-0.3, -0.25) is 14.9 Å². The molecule has 34 heavy (non-hydrogen) atoms. The number of carbonyl (C=O) groups excluding carboxylic acids is 1. The average molecular weight is 466 g/mol. The van der Waals surface area contributed by atoms with E-state index >= 15 is 0 Å². The molecule has 1 amide bonds. The molecule has 0 bridgehead atoms. The normalized spacial score (nSPS) is 14.5. The van der Waals surface area contributed by atoms with Crippen LogP contribution in [0.15, 0.2) is 53.2 Å². The number of likely N-dealkylation sites (tertiary alicyclic amines) is 1. The molecule has 0 saturated carbocycles. The fourth-order valence-electron chi connectivity index (χ4n) is 4.12. The summed E-state index contributed by atoms with van der Waals surface area (Å²) in [5, 5.41) is 10.7. The summed E-state index contributed by atoms with van der Waals surface area (Å²) in [6.45, 7) is 1.85. The largest absolute Gasteiger partial charge is 0.497 e. The van der Waals surface area contributed by atoms with Crippen molar-refractivity contribution < 1.29 is 23.6 Å². The second-order valence-corrected chi connectivity index (χ2v) is 8.00. The Labute approximate surface area is 196 Å². The molecule has 1 aliphatic heterocycles. The summed E-state index contributed by atoms with van der Waals surface area (Å²) in [5.41, 5.74) is 1.05. The van der Waals surface area contributed by atoms with Crippen LogP contribution in [0.3, 0.4) is 0 Å². The molecule has 1 fully saturated rings. The van der Waals surface area contributed by atoms with Gasteiger partial charge in [0.05, 0.1) is 20.3 Å². The van der Waals surface area contributed by atoms with Crippen LogP contribution in [0, 0.1) is 10.1 Å². The van der Waals surface area contributed by atoms with E-state index in [0.29, 0.717) is 19.6 Å². The fourth-order valence-corrected chi connectivity index (χ4v) is 4.12. The lowest BCUT2D eigenvalue weighted by atomic mass is 9.95. The molecule has 1 aliphatic rings. The molecule has 0 N–H and O–H groups in total. The first-order valence-corrected chi connectivity index (χ1v) is 10.9. The maximum atomic E-state index is 12.6. The Morgan fingerprint density at radius 2 is 1.91 bits per heavy atom. The van der Waals surface area contributed by atoms with Gasteiger partial charge in [0.2, 0.25) is 5.91 Å². The number of rotatable bonds is 8. The Morgan fingerprint density at radius 1 is 1.21 bits per heavy atom. The van der Waals surface area contributed by atoms with Crippen LogP contribution in [-0.2, 0) is 11.3 Å². The standard InChI is InChI=1S/C24H26N4O6/c1-32-20-13-17(14-21(15-20)33-2)16-27-12-9-25-24(27)18-7-10-26(11-8-18)22(29)5-3-19-4-6-23(34-19)28(30)31/h3-6,9,12-15,18H,7-8,10-11,16H2,1-2H3. The van der Waals surface area contributed by atoms with Crippen molar-refractivity contribution in [3.05, 3.63) is 76.1 Å². The zero-order valence-electron chi connectivity index (χ0n) is 19.0. The smallest absolute Gasteiger partial charge is 0.433 e. The highest BCUT2D eigenvalue weighted by molar-refractivity contribution is 5.91. The number of benzene rings is 1. The number of methoxy groups -OCH3 is 2. The third-order valence-electron chi connectivity index (χ3n) is 5.87. The number of furan rings is 1. The second kappa shape index (κ2) is 10.2. The summed E-state index contributed by atoms with van der Waals surface area (Å²) in [5.74, 6) is 2.47. The van der Waals surface area contributed by atoms with Crippen LogP contribution in [0.2, 0.25) is 0 Å². The predicted molar refractivity (Wildman–Crippen MR) is 124 cm³/mol. The van der Waals surface area contributed by atoms with Crippen molar-refractivity contribution in [1.29, 1.82) is 0 Å². The van der Waals surface area contributed by atoms with Crippen molar-refractivity contribution in [1.82, 2.24) is 14.5 Å². The molecular weight excluding hydrogens is 440 g/mol. The number of hydrogen-bond acceptors (Lipinski definition) is 7. The number of carbonyl (C=O) groups is 1. The number of nitrogens with zero attached hydrogens (tertiary/aromatic N) is 4. The summed E-state index contributed by atoms with van der Waals surface area (Å²) in [7, 11) is 3.26. The van der Waals surface area contributed by atoms with Crippen LogP contribution >= 0.6 is 0 Å². The summed E-state index contributed by atoms with van der Waals surface area (Å²) in [6.07, 6.45) is 8.20. The Morgan fingerprint density at radius 3 is 2.53 bits per heavy atom. The van der Waals surface area contributed by atoms with Gasteiger partial charge < -0.3 is 23.4 Å². The molecule has 10 nitrogen and oxygen atoms in total. The molecule has 1 saturated heterocycles. The van der Waals surface area contributed by atoms with E-state index in [2.05, 4.69) is 9.55 Å². The molecule has 10 heteroatoms. The molecule has 0 aliphatic carbocycles. The minimum absolute atomic E-state index is 0.149. The van der Waals surface area contributed by atoms with E-state index in [0.717, 1.165) is 35.7 Å². The molecule has 1 aromatic carbocycles. The number of ether oxygens (including phenoxy) is 2. The van der Waals surface area contributed by atoms with Crippen LogP contribution in [0.25, 0.3) is 6.08 Å². The van der Waals surface area contributed by atoms with Crippen LogP contribution in [0.1, 0.15) is 35.9 Å². The summed E-state index contributed by atoms with van der Waals surface area (Å²) in [4.78, 5) is 29.0. The van der Waals surface area contributed by atoms with E-state index in [1.165, 1.54) is 24.3 Å². The third kappa shape index (κ3) is 5.28. The molecule has 0 atom stereocenters. The Balaban J connectivity index is 1.37. The van der Waals surface area contributed by atoms with Gasteiger partial charge in [-0.25, -0.2) is 4.98 Å². The minimum Gasteiger partial charge on any atom is -0.497 e. The number of imidazole rings is 1. The predicted octanol–water partition coefficient (Wildman–Crippen LogP) is 3.87. The zero-order valence-corrected chi connectivity index (χ0v) is 19.0. The maximum absolute atomic E-state index is 12.6. The van der Waals surface area contributed by atoms with Gasteiger partial charge >= 0.3 is 5.88 Å². The molecule has 3 aromatic rings. The van der Waals surface area contributed by atoms with E-state index in [9.17, 15) is 14.9 Å². The minimum atomic E-state index is -0.612. The lowest BCUT2D eigenvalue weighted by Crippen LogP contribution is -2.37.